The van der Waals surface area contributed by atoms with E-state index in [-0.39, 0.29) is 13.0 Å². The number of anilines is 1. The summed E-state index contributed by atoms with van der Waals surface area (Å²) in [6.07, 6.45) is 1.17. The predicted molar refractivity (Wildman–Crippen MR) is 115 cm³/mol. The molecule has 1 aromatic rings. The number of hydrogen-bond donors (Lipinski definition) is 1. The Kier molecular flexibility index (Phi) is 7.75. The van der Waals surface area contributed by atoms with Crippen molar-refractivity contribution < 1.29 is 37.1 Å². The summed E-state index contributed by atoms with van der Waals surface area (Å²) in [6, 6.07) is 7.19. The molecule has 10 nitrogen and oxygen atoms in total. The minimum Gasteiger partial charge on any atom is -0.444 e. The van der Waals surface area contributed by atoms with E-state index in [1.165, 1.54) is 11.8 Å². The zero-order chi connectivity index (χ0) is 23.4. The molecule has 3 rings (SSSR count). The first-order valence-corrected chi connectivity index (χ1v) is 12.4. The summed E-state index contributed by atoms with van der Waals surface area (Å²) in [5.74, 6) is -0.826. The molecule has 2 amide bonds. The third-order valence-electron chi connectivity index (χ3n) is 5.77. The number of ether oxygens (including phenoxy) is 3. The molecule has 3 unspecified atom stereocenters. The number of carbonyl (C=O) groups excluding carboxylic acids is 2. The van der Waals surface area contributed by atoms with Gasteiger partial charge in [0.15, 0.2) is 20.9 Å². The predicted octanol–water partition coefficient (Wildman–Crippen LogP) is 1.93. The Bertz CT molecular complexity index is 914. The highest BCUT2D eigenvalue weighted by atomic mass is 32.2. The smallest absolute Gasteiger partial charge is 0.414 e. The quantitative estimate of drug-likeness (QED) is 0.544. The van der Waals surface area contributed by atoms with Gasteiger partial charge < -0.3 is 14.2 Å². The summed E-state index contributed by atoms with van der Waals surface area (Å²) in [5.41, 5.74) is 3.80. The minimum absolute atomic E-state index is 0.118. The number of nitrogens with zero attached hydrogens (tertiary/aromatic N) is 1. The third kappa shape index (κ3) is 5.58. The fraction of sp³-hybridized carbons (Fsp3) is 0.619. The van der Waals surface area contributed by atoms with E-state index in [0.29, 0.717) is 25.3 Å². The Hall–Kier alpha value is -2.21. The van der Waals surface area contributed by atoms with Crippen LogP contribution in [0.2, 0.25) is 0 Å². The monoisotopic (exact) mass is 470 g/mol. The molecule has 178 valence electrons. The normalized spacial score (nSPS) is 23.5. The maximum Gasteiger partial charge on any atom is 0.414 e. The summed E-state index contributed by atoms with van der Waals surface area (Å²) >= 11 is 0. The van der Waals surface area contributed by atoms with E-state index in [9.17, 15) is 18.0 Å². The van der Waals surface area contributed by atoms with Gasteiger partial charge in [-0.3, -0.25) is 9.69 Å². The Labute approximate surface area is 188 Å². The van der Waals surface area contributed by atoms with E-state index in [1.54, 1.807) is 19.2 Å². The fourth-order valence-corrected chi connectivity index (χ4v) is 4.52. The average Bonchev–Trinajstić information content (AvgIpc) is 3.12. The molecule has 2 fully saturated rings. The molecule has 3 atom stereocenters. The second kappa shape index (κ2) is 10.2. The van der Waals surface area contributed by atoms with Crippen LogP contribution >= 0.6 is 0 Å². The molecule has 2 saturated heterocycles. The van der Waals surface area contributed by atoms with Crippen molar-refractivity contribution in [3.63, 3.8) is 0 Å². The van der Waals surface area contributed by atoms with Crippen molar-refractivity contribution >= 4 is 27.5 Å². The first kappa shape index (κ1) is 24.4. The standard InChI is InChI=1S/C21H30N2O8S/c1-21(32(3,26)27,19(24)22-31-18-6-4-5-11-29-18)12-17-13-23(20(25)30-17)16-9-7-15(8-10-16)14-28-2/h7-10,17-18H,4-6,11-14H2,1-3H3,(H,22,24). The number of hydroxylamine groups is 1. The van der Waals surface area contributed by atoms with Crippen LogP contribution in [-0.2, 0) is 40.3 Å². The van der Waals surface area contributed by atoms with Gasteiger partial charge in [0.25, 0.3) is 5.91 Å². The summed E-state index contributed by atoms with van der Waals surface area (Å²) in [7, 11) is -2.28. The van der Waals surface area contributed by atoms with Gasteiger partial charge in [-0.25, -0.2) is 23.5 Å². The minimum atomic E-state index is -3.87. The molecule has 0 spiro atoms. The molecule has 2 heterocycles. The number of benzene rings is 1. The number of amides is 2. The van der Waals surface area contributed by atoms with E-state index in [0.717, 1.165) is 24.7 Å². The average molecular weight is 471 g/mol. The van der Waals surface area contributed by atoms with E-state index in [4.69, 9.17) is 19.0 Å². The van der Waals surface area contributed by atoms with Gasteiger partial charge in [0.2, 0.25) is 0 Å². The Morgan fingerprint density at radius 2 is 2.00 bits per heavy atom. The van der Waals surface area contributed by atoms with E-state index >= 15 is 0 Å². The lowest BCUT2D eigenvalue weighted by molar-refractivity contribution is -0.201. The second-order valence-corrected chi connectivity index (χ2v) is 10.7. The number of carbonyl (C=O) groups is 2. The van der Waals surface area contributed by atoms with Crippen LogP contribution in [0.15, 0.2) is 24.3 Å². The molecule has 0 radical (unpaired) electrons. The van der Waals surface area contributed by atoms with Crippen LogP contribution in [0, 0.1) is 0 Å². The van der Waals surface area contributed by atoms with E-state index in [2.05, 4.69) is 5.48 Å². The molecule has 0 aliphatic carbocycles. The van der Waals surface area contributed by atoms with Crippen LogP contribution in [0.25, 0.3) is 0 Å². The lowest BCUT2D eigenvalue weighted by atomic mass is 10.0. The molecular formula is C21H30N2O8S. The third-order valence-corrected chi connectivity index (χ3v) is 7.76. The molecule has 0 bridgehead atoms. The highest BCUT2D eigenvalue weighted by Gasteiger charge is 2.48. The van der Waals surface area contributed by atoms with Crippen LogP contribution in [0.3, 0.4) is 0 Å². The second-order valence-electron chi connectivity index (χ2n) is 8.27. The van der Waals surface area contributed by atoms with Crippen LogP contribution in [0.1, 0.15) is 38.2 Å². The van der Waals surface area contributed by atoms with Gasteiger partial charge in [0, 0.05) is 38.5 Å². The van der Waals surface area contributed by atoms with Crippen molar-refractivity contribution in [2.75, 3.05) is 31.4 Å². The van der Waals surface area contributed by atoms with Crippen molar-refractivity contribution in [3.8, 4) is 0 Å². The highest BCUT2D eigenvalue weighted by molar-refractivity contribution is 7.92. The lowest BCUT2D eigenvalue weighted by Crippen LogP contribution is -2.53. The first-order valence-electron chi connectivity index (χ1n) is 10.5. The molecule has 1 N–H and O–H groups in total. The van der Waals surface area contributed by atoms with E-state index in [1.807, 2.05) is 12.1 Å². The van der Waals surface area contributed by atoms with Crippen LogP contribution in [0.4, 0.5) is 10.5 Å². The van der Waals surface area contributed by atoms with Gasteiger partial charge in [-0.2, -0.15) is 0 Å². The Morgan fingerprint density at radius 1 is 1.28 bits per heavy atom. The maximum absolute atomic E-state index is 12.8. The molecular weight excluding hydrogens is 440 g/mol. The number of hydrogen-bond acceptors (Lipinski definition) is 8. The molecule has 0 saturated carbocycles. The van der Waals surface area contributed by atoms with Crippen LogP contribution in [-0.4, -0.2) is 64.1 Å². The molecule has 11 heteroatoms. The molecule has 2 aliphatic rings. The van der Waals surface area contributed by atoms with Gasteiger partial charge in [-0.05, 0) is 37.5 Å². The number of cyclic esters (lactones) is 1. The zero-order valence-corrected chi connectivity index (χ0v) is 19.4. The van der Waals surface area contributed by atoms with Crippen molar-refractivity contribution in [1.29, 1.82) is 0 Å². The molecule has 32 heavy (non-hydrogen) atoms. The summed E-state index contributed by atoms with van der Waals surface area (Å²) in [4.78, 5) is 31.9. The van der Waals surface area contributed by atoms with Gasteiger partial charge in [-0.1, -0.05) is 12.1 Å². The number of nitrogens with one attached hydrogen (secondary N) is 1. The Balaban J connectivity index is 1.67. The van der Waals surface area contributed by atoms with E-state index < -0.39 is 39.0 Å². The SMILES string of the molecule is COCc1ccc(N2CC(CC(C)(C(=O)NOC3CCCCO3)S(C)(=O)=O)OC2=O)cc1. The zero-order valence-electron chi connectivity index (χ0n) is 18.5. The highest BCUT2D eigenvalue weighted by Crippen LogP contribution is 2.30. The maximum atomic E-state index is 12.8. The topological polar surface area (TPSA) is 120 Å². The summed E-state index contributed by atoms with van der Waals surface area (Å²) in [5, 5.41) is 0. The van der Waals surface area contributed by atoms with Crippen molar-refractivity contribution in [2.24, 2.45) is 0 Å². The number of rotatable bonds is 9. The number of methoxy groups -OCH3 is 1. The largest absolute Gasteiger partial charge is 0.444 e. The van der Waals surface area contributed by atoms with Crippen LogP contribution in [0.5, 0.6) is 0 Å². The summed E-state index contributed by atoms with van der Waals surface area (Å²) in [6.45, 7) is 2.39. The molecule has 0 aromatic heterocycles. The van der Waals surface area contributed by atoms with Crippen molar-refractivity contribution in [3.05, 3.63) is 29.8 Å². The lowest BCUT2D eigenvalue weighted by Gasteiger charge is -2.29. The fourth-order valence-electron chi connectivity index (χ4n) is 3.66. The van der Waals surface area contributed by atoms with Gasteiger partial charge in [0.1, 0.15) is 6.10 Å². The van der Waals surface area contributed by atoms with Crippen molar-refractivity contribution in [2.45, 2.75) is 56.4 Å². The van der Waals surface area contributed by atoms with Crippen LogP contribution < -0.4 is 10.4 Å². The van der Waals surface area contributed by atoms with Gasteiger partial charge in [0.05, 0.1) is 13.2 Å². The number of sulfone groups is 1. The Morgan fingerprint density at radius 3 is 2.59 bits per heavy atom. The summed E-state index contributed by atoms with van der Waals surface area (Å²) < 4.78 is 39.1. The van der Waals surface area contributed by atoms with Gasteiger partial charge in [-0.15, -0.1) is 0 Å². The first-order chi connectivity index (χ1) is 15.1. The molecule has 1 aromatic carbocycles. The van der Waals surface area contributed by atoms with Gasteiger partial charge >= 0.3 is 6.09 Å². The molecule has 2 aliphatic heterocycles. The van der Waals surface area contributed by atoms with Crippen molar-refractivity contribution in [1.82, 2.24) is 5.48 Å².